The smallest absolute Gasteiger partial charge is 0.338 e. The van der Waals surface area contributed by atoms with Crippen LogP contribution in [0.15, 0.2) is 42.5 Å². The second kappa shape index (κ2) is 8.74. The van der Waals surface area contributed by atoms with E-state index < -0.39 is 24.5 Å². The van der Waals surface area contributed by atoms with Gasteiger partial charge >= 0.3 is 12.0 Å². The zero-order chi connectivity index (χ0) is 20.8. The van der Waals surface area contributed by atoms with Gasteiger partial charge in [0.1, 0.15) is 11.5 Å². The summed E-state index contributed by atoms with van der Waals surface area (Å²) in [4.78, 5) is 46.9. The van der Waals surface area contributed by atoms with E-state index in [0.29, 0.717) is 22.9 Å². The van der Waals surface area contributed by atoms with Crippen molar-refractivity contribution in [3.05, 3.63) is 48.0 Å². The first-order valence-electron chi connectivity index (χ1n) is 8.43. The summed E-state index contributed by atoms with van der Waals surface area (Å²) in [5, 5.41) is 7.10. The molecule has 1 aliphatic rings. The average molecular weight is 399 g/mol. The van der Waals surface area contributed by atoms with Crippen molar-refractivity contribution in [2.75, 3.05) is 31.0 Å². The third-order valence-electron chi connectivity index (χ3n) is 3.79. The standard InChI is InChI=1S/C19H17N3O7/c1-27-13-5-3-12(4-6-13)20-19(26)22-17(24)10-29-18(25)11-2-7-14-15(8-11)28-9-16(23)21-14/h2-8H,9-10H2,1H3,(H,21,23)(H2,20,22,24,26). The van der Waals surface area contributed by atoms with Gasteiger partial charge in [-0.05, 0) is 42.5 Å². The Kier molecular flexibility index (Phi) is 5.93. The van der Waals surface area contributed by atoms with E-state index in [4.69, 9.17) is 14.2 Å². The molecule has 1 aliphatic heterocycles. The van der Waals surface area contributed by atoms with E-state index in [1.165, 1.54) is 25.3 Å². The third-order valence-corrected chi connectivity index (χ3v) is 3.79. The first-order chi connectivity index (χ1) is 13.9. The highest BCUT2D eigenvalue weighted by atomic mass is 16.5. The molecule has 0 spiro atoms. The Morgan fingerprint density at radius 3 is 2.62 bits per heavy atom. The fourth-order valence-electron chi connectivity index (χ4n) is 2.42. The highest BCUT2D eigenvalue weighted by Gasteiger charge is 2.19. The number of benzene rings is 2. The van der Waals surface area contributed by atoms with Crippen LogP contribution in [0.25, 0.3) is 0 Å². The number of hydrogen-bond donors (Lipinski definition) is 3. The second-order valence-corrected chi connectivity index (χ2v) is 5.85. The molecule has 0 aromatic heterocycles. The summed E-state index contributed by atoms with van der Waals surface area (Å²) in [7, 11) is 1.52. The first kappa shape index (κ1) is 19.7. The Balaban J connectivity index is 1.47. The first-order valence-corrected chi connectivity index (χ1v) is 8.43. The molecule has 2 aromatic carbocycles. The van der Waals surface area contributed by atoms with Crippen molar-refractivity contribution in [1.29, 1.82) is 0 Å². The summed E-state index contributed by atoms with van der Waals surface area (Å²) in [6.45, 7) is -0.805. The van der Waals surface area contributed by atoms with E-state index in [2.05, 4.69) is 10.6 Å². The van der Waals surface area contributed by atoms with E-state index in [9.17, 15) is 19.2 Å². The number of imide groups is 1. The van der Waals surface area contributed by atoms with Gasteiger partial charge in [0, 0.05) is 5.69 Å². The number of rotatable bonds is 5. The quantitative estimate of drug-likeness (QED) is 0.650. The zero-order valence-electron chi connectivity index (χ0n) is 15.3. The van der Waals surface area contributed by atoms with Crippen LogP contribution in [0.5, 0.6) is 11.5 Å². The molecule has 2 aromatic rings. The lowest BCUT2D eigenvalue weighted by Crippen LogP contribution is -2.37. The molecule has 1 heterocycles. The van der Waals surface area contributed by atoms with Crippen molar-refractivity contribution >= 4 is 35.2 Å². The zero-order valence-corrected chi connectivity index (χ0v) is 15.3. The Labute approximate surface area is 165 Å². The number of carbonyl (C=O) groups is 4. The number of nitrogens with one attached hydrogen (secondary N) is 3. The summed E-state index contributed by atoms with van der Waals surface area (Å²) in [6, 6.07) is 10.0. The lowest BCUT2D eigenvalue weighted by atomic mass is 10.1. The fraction of sp³-hybridized carbons (Fsp3) is 0.158. The van der Waals surface area contributed by atoms with Gasteiger partial charge in [0.2, 0.25) is 0 Å². The Morgan fingerprint density at radius 2 is 1.90 bits per heavy atom. The molecule has 0 unspecified atom stereocenters. The molecule has 4 amide bonds. The minimum atomic E-state index is -0.800. The van der Waals surface area contributed by atoms with Gasteiger partial charge in [0.15, 0.2) is 13.2 Å². The van der Waals surface area contributed by atoms with Crippen LogP contribution in [0.3, 0.4) is 0 Å². The van der Waals surface area contributed by atoms with Crippen molar-refractivity contribution in [3.63, 3.8) is 0 Å². The summed E-state index contributed by atoms with van der Waals surface area (Å²) in [6.07, 6.45) is 0. The maximum absolute atomic E-state index is 12.1. The van der Waals surface area contributed by atoms with Crippen LogP contribution in [-0.4, -0.2) is 44.1 Å². The highest BCUT2D eigenvalue weighted by Crippen LogP contribution is 2.28. The molecule has 0 saturated carbocycles. The number of esters is 1. The topological polar surface area (TPSA) is 132 Å². The Hall–Kier alpha value is -4.08. The molecular formula is C19H17N3O7. The third kappa shape index (κ3) is 5.22. The van der Waals surface area contributed by atoms with Gasteiger partial charge in [-0.3, -0.25) is 14.9 Å². The van der Waals surface area contributed by atoms with E-state index >= 15 is 0 Å². The van der Waals surface area contributed by atoms with Crippen molar-refractivity contribution in [3.8, 4) is 11.5 Å². The van der Waals surface area contributed by atoms with E-state index in [-0.39, 0.29) is 18.1 Å². The van der Waals surface area contributed by atoms with Gasteiger partial charge in [0.25, 0.3) is 11.8 Å². The maximum Gasteiger partial charge on any atom is 0.338 e. The number of urea groups is 1. The van der Waals surface area contributed by atoms with Gasteiger partial charge in [-0.15, -0.1) is 0 Å². The summed E-state index contributed by atoms with van der Waals surface area (Å²) >= 11 is 0. The summed E-state index contributed by atoms with van der Waals surface area (Å²) in [5.41, 5.74) is 1.02. The second-order valence-electron chi connectivity index (χ2n) is 5.85. The maximum atomic E-state index is 12.1. The van der Waals surface area contributed by atoms with Gasteiger partial charge in [-0.2, -0.15) is 0 Å². The predicted molar refractivity (Wildman–Crippen MR) is 101 cm³/mol. The molecule has 0 bridgehead atoms. The molecule has 150 valence electrons. The largest absolute Gasteiger partial charge is 0.497 e. The number of methoxy groups -OCH3 is 1. The van der Waals surface area contributed by atoms with Gasteiger partial charge in [-0.1, -0.05) is 0 Å². The number of carbonyl (C=O) groups excluding carboxylic acids is 4. The average Bonchev–Trinajstić information content (AvgIpc) is 2.72. The summed E-state index contributed by atoms with van der Waals surface area (Å²) < 4.78 is 15.1. The van der Waals surface area contributed by atoms with Gasteiger partial charge in [0.05, 0.1) is 18.4 Å². The minimum absolute atomic E-state index is 0.135. The van der Waals surface area contributed by atoms with Gasteiger partial charge in [-0.25, -0.2) is 9.59 Å². The molecular weight excluding hydrogens is 382 g/mol. The monoisotopic (exact) mass is 399 g/mol. The van der Waals surface area contributed by atoms with E-state index in [1.54, 1.807) is 24.3 Å². The van der Waals surface area contributed by atoms with Crippen LogP contribution >= 0.6 is 0 Å². The Bertz CT molecular complexity index is 957. The molecule has 3 rings (SSSR count). The van der Waals surface area contributed by atoms with Crippen LogP contribution in [0.4, 0.5) is 16.2 Å². The van der Waals surface area contributed by atoms with E-state index in [0.717, 1.165) is 0 Å². The SMILES string of the molecule is COc1ccc(NC(=O)NC(=O)COC(=O)c2ccc3c(c2)OCC(=O)N3)cc1. The predicted octanol–water partition coefficient (Wildman–Crippen LogP) is 1.53. The fourth-order valence-corrected chi connectivity index (χ4v) is 2.42. The van der Waals surface area contributed by atoms with E-state index in [1.807, 2.05) is 5.32 Å². The number of fused-ring (bicyclic) bond motifs is 1. The van der Waals surface area contributed by atoms with Gasteiger partial charge < -0.3 is 24.8 Å². The van der Waals surface area contributed by atoms with Crippen molar-refractivity contribution in [2.45, 2.75) is 0 Å². The summed E-state index contributed by atoms with van der Waals surface area (Å²) in [5.74, 6) is -0.932. The minimum Gasteiger partial charge on any atom is -0.497 e. The molecule has 0 radical (unpaired) electrons. The highest BCUT2D eigenvalue weighted by molar-refractivity contribution is 6.02. The van der Waals surface area contributed by atoms with Crippen LogP contribution in [-0.2, 0) is 14.3 Å². The molecule has 0 saturated heterocycles. The lowest BCUT2D eigenvalue weighted by Gasteiger charge is -2.18. The van der Waals surface area contributed by atoms with Crippen LogP contribution in [0, 0.1) is 0 Å². The molecule has 29 heavy (non-hydrogen) atoms. The molecule has 0 atom stereocenters. The molecule has 10 heteroatoms. The molecule has 3 N–H and O–H groups in total. The number of anilines is 2. The lowest BCUT2D eigenvalue weighted by molar-refractivity contribution is -0.123. The van der Waals surface area contributed by atoms with Crippen molar-refractivity contribution in [2.24, 2.45) is 0 Å². The van der Waals surface area contributed by atoms with Crippen LogP contribution in [0.2, 0.25) is 0 Å². The number of amides is 4. The normalized spacial score (nSPS) is 12.0. The molecule has 10 nitrogen and oxygen atoms in total. The molecule has 0 fully saturated rings. The van der Waals surface area contributed by atoms with Crippen LogP contribution < -0.4 is 25.4 Å². The van der Waals surface area contributed by atoms with Crippen molar-refractivity contribution in [1.82, 2.24) is 5.32 Å². The Morgan fingerprint density at radius 1 is 1.14 bits per heavy atom. The van der Waals surface area contributed by atoms with Crippen LogP contribution in [0.1, 0.15) is 10.4 Å². The number of hydrogen-bond acceptors (Lipinski definition) is 7. The number of ether oxygens (including phenoxy) is 3. The van der Waals surface area contributed by atoms with Crippen molar-refractivity contribution < 1.29 is 33.4 Å². The molecule has 0 aliphatic carbocycles.